The zero-order valence-electron chi connectivity index (χ0n) is 13.1. The van der Waals surface area contributed by atoms with Gasteiger partial charge in [-0.15, -0.1) is 0 Å². The highest BCUT2D eigenvalue weighted by Gasteiger charge is 2.13. The van der Waals surface area contributed by atoms with E-state index in [1.807, 2.05) is 48.5 Å². The smallest absolute Gasteiger partial charge is 0.332 e. The second-order valence-electron chi connectivity index (χ2n) is 4.85. The van der Waals surface area contributed by atoms with Crippen molar-refractivity contribution in [2.24, 2.45) is 0 Å². The summed E-state index contributed by atoms with van der Waals surface area (Å²) in [6, 6.07) is 16.8. The molecular formula is C18H17BrN2O3. The lowest BCUT2D eigenvalue weighted by molar-refractivity contribution is -0.135. The molecule has 0 saturated carbocycles. The van der Waals surface area contributed by atoms with Crippen molar-refractivity contribution in [3.63, 3.8) is 0 Å². The number of benzene rings is 2. The molecule has 2 N–H and O–H groups in total. The lowest BCUT2D eigenvalue weighted by Crippen LogP contribution is -2.28. The summed E-state index contributed by atoms with van der Waals surface area (Å²) in [6.45, 7) is 0.357. The summed E-state index contributed by atoms with van der Waals surface area (Å²) in [7, 11) is 1.26. The molecule has 0 saturated heterocycles. The molecule has 2 aromatic rings. The highest BCUT2D eigenvalue weighted by Crippen LogP contribution is 2.22. The summed E-state index contributed by atoms with van der Waals surface area (Å²) in [5.41, 5.74) is 1.73. The number of amides is 1. The van der Waals surface area contributed by atoms with Gasteiger partial charge in [-0.25, -0.2) is 4.79 Å². The number of nitrogens with one attached hydrogen (secondary N) is 2. The fraction of sp³-hybridized carbons (Fsp3) is 0.111. The van der Waals surface area contributed by atoms with Gasteiger partial charge in [0.05, 0.1) is 18.9 Å². The van der Waals surface area contributed by atoms with Gasteiger partial charge in [-0.3, -0.25) is 4.79 Å². The number of halogens is 1. The van der Waals surface area contributed by atoms with Crippen molar-refractivity contribution in [3.8, 4) is 0 Å². The van der Waals surface area contributed by atoms with E-state index in [0.717, 1.165) is 16.1 Å². The first-order chi connectivity index (χ1) is 11.6. The van der Waals surface area contributed by atoms with E-state index in [0.29, 0.717) is 12.2 Å². The van der Waals surface area contributed by atoms with Gasteiger partial charge in [0.1, 0.15) is 5.70 Å². The van der Waals surface area contributed by atoms with Gasteiger partial charge in [-0.2, -0.15) is 0 Å². The van der Waals surface area contributed by atoms with E-state index in [1.165, 1.54) is 7.11 Å². The van der Waals surface area contributed by atoms with Crippen molar-refractivity contribution in [2.45, 2.75) is 6.54 Å². The maximum absolute atomic E-state index is 12.4. The molecule has 6 heteroatoms. The molecule has 124 valence electrons. The van der Waals surface area contributed by atoms with Gasteiger partial charge in [-0.05, 0) is 33.6 Å². The van der Waals surface area contributed by atoms with Crippen LogP contribution in [0.3, 0.4) is 0 Å². The minimum absolute atomic E-state index is 0.102. The summed E-state index contributed by atoms with van der Waals surface area (Å²) >= 11 is 3.40. The zero-order chi connectivity index (χ0) is 17.4. The van der Waals surface area contributed by atoms with Crippen LogP contribution in [0.15, 0.2) is 70.8 Å². The van der Waals surface area contributed by atoms with Gasteiger partial charge in [-0.1, -0.05) is 42.5 Å². The monoisotopic (exact) mass is 388 g/mol. The second kappa shape index (κ2) is 8.88. The Kier molecular flexibility index (Phi) is 6.57. The molecule has 0 radical (unpaired) electrons. The fourth-order valence-electron chi connectivity index (χ4n) is 1.92. The molecule has 0 unspecified atom stereocenters. The van der Waals surface area contributed by atoms with Crippen molar-refractivity contribution in [1.82, 2.24) is 5.32 Å². The third-order valence-corrected chi connectivity index (χ3v) is 3.84. The Hall–Kier alpha value is -2.60. The maximum Gasteiger partial charge on any atom is 0.332 e. The number of ether oxygens (including phenoxy) is 1. The van der Waals surface area contributed by atoms with E-state index in [9.17, 15) is 9.59 Å². The van der Waals surface area contributed by atoms with E-state index in [2.05, 4.69) is 31.3 Å². The standard InChI is InChI=1S/C18H17BrN2O3/c1-24-17(22)11-16(21-15-10-6-5-9-14(15)19)18(23)20-12-13-7-3-2-4-8-13/h2-11,21H,12H2,1H3,(H,20,23)/b16-11-. The molecule has 0 aliphatic heterocycles. The van der Waals surface area contributed by atoms with Crippen molar-refractivity contribution < 1.29 is 14.3 Å². The lowest BCUT2D eigenvalue weighted by atomic mass is 10.2. The van der Waals surface area contributed by atoms with Gasteiger partial charge < -0.3 is 15.4 Å². The fourth-order valence-corrected chi connectivity index (χ4v) is 2.30. The number of rotatable bonds is 6. The van der Waals surface area contributed by atoms with Crippen LogP contribution in [0.2, 0.25) is 0 Å². The summed E-state index contributed by atoms with van der Waals surface area (Å²) in [5, 5.41) is 5.73. The summed E-state index contributed by atoms with van der Waals surface area (Å²) < 4.78 is 5.39. The highest BCUT2D eigenvalue weighted by atomic mass is 79.9. The largest absolute Gasteiger partial charge is 0.466 e. The predicted octanol–water partition coefficient (Wildman–Crippen LogP) is 3.23. The third-order valence-electron chi connectivity index (χ3n) is 3.15. The Labute approximate surface area is 148 Å². The summed E-state index contributed by atoms with van der Waals surface area (Å²) in [4.78, 5) is 24.0. The molecule has 2 rings (SSSR count). The maximum atomic E-state index is 12.4. The van der Waals surface area contributed by atoms with Crippen molar-refractivity contribution in [2.75, 3.05) is 12.4 Å². The van der Waals surface area contributed by atoms with E-state index >= 15 is 0 Å². The Bertz CT molecular complexity index is 745. The van der Waals surface area contributed by atoms with Gasteiger partial charge >= 0.3 is 5.97 Å². The van der Waals surface area contributed by atoms with Crippen LogP contribution >= 0.6 is 15.9 Å². The molecule has 0 spiro atoms. The number of methoxy groups -OCH3 is 1. The molecule has 0 atom stereocenters. The first-order valence-corrected chi connectivity index (χ1v) is 8.03. The topological polar surface area (TPSA) is 67.4 Å². The second-order valence-corrected chi connectivity index (χ2v) is 5.71. The Morgan fingerprint density at radius 1 is 1.08 bits per heavy atom. The third kappa shape index (κ3) is 5.24. The number of carbonyl (C=O) groups is 2. The van der Waals surface area contributed by atoms with Crippen molar-refractivity contribution >= 4 is 33.5 Å². The number of anilines is 1. The molecule has 0 bridgehead atoms. The summed E-state index contributed by atoms with van der Waals surface area (Å²) in [6.07, 6.45) is 1.12. The van der Waals surface area contributed by atoms with Crippen LogP contribution in [0.25, 0.3) is 0 Å². The van der Waals surface area contributed by atoms with Gasteiger partial charge in [0.15, 0.2) is 0 Å². The Balaban J connectivity index is 2.13. The molecule has 5 nitrogen and oxygen atoms in total. The Morgan fingerprint density at radius 3 is 2.42 bits per heavy atom. The minimum Gasteiger partial charge on any atom is -0.466 e. The van der Waals surface area contributed by atoms with Crippen LogP contribution in [0.5, 0.6) is 0 Å². The number of hydrogen-bond acceptors (Lipinski definition) is 4. The van der Waals surface area contributed by atoms with E-state index < -0.39 is 11.9 Å². The highest BCUT2D eigenvalue weighted by molar-refractivity contribution is 9.10. The van der Waals surface area contributed by atoms with Crippen molar-refractivity contribution in [3.05, 3.63) is 76.4 Å². The molecule has 0 fully saturated rings. The molecule has 0 aliphatic rings. The number of carbonyl (C=O) groups excluding carboxylic acids is 2. The molecular weight excluding hydrogens is 372 g/mol. The minimum atomic E-state index is -0.612. The van der Waals surface area contributed by atoms with Gasteiger partial charge in [0, 0.05) is 11.0 Å². The van der Waals surface area contributed by atoms with Crippen LogP contribution in [-0.4, -0.2) is 19.0 Å². The number of para-hydroxylation sites is 1. The normalized spacial score (nSPS) is 10.8. The average Bonchev–Trinajstić information content (AvgIpc) is 2.61. The van der Waals surface area contributed by atoms with Crippen LogP contribution in [0.1, 0.15) is 5.56 Å². The first kappa shape index (κ1) is 17.7. The molecule has 0 aromatic heterocycles. The van der Waals surface area contributed by atoms with Crippen LogP contribution in [-0.2, 0) is 20.9 Å². The average molecular weight is 389 g/mol. The number of esters is 1. The molecule has 2 aromatic carbocycles. The van der Waals surface area contributed by atoms with Gasteiger partial charge in [0.2, 0.25) is 0 Å². The Morgan fingerprint density at radius 2 is 1.75 bits per heavy atom. The predicted molar refractivity (Wildman–Crippen MR) is 96.2 cm³/mol. The van der Waals surface area contributed by atoms with E-state index in [-0.39, 0.29) is 5.70 Å². The first-order valence-electron chi connectivity index (χ1n) is 7.23. The molecule has 24 heavy (non-hydrogen) atoms. The van der Waals surface area contributed by atoms with E-state index in [4.69, 9.17) is 0 Å². The zero-order valence-corrected chi connectivity index (χ0v) is 14.7. The molecule has 0 heterocycles. The van der Waals surface area contributed by atoms with Crippen molar-refractivity contribution in [1.29, 1.82) is 0 Å². The number of hydrogen-bond donors (Lipinski definition) is 2. The molecule has 0 aliphatic carbocycles. The van der Waals surface area contributed by atoms with E-state index in [1.54, 1.807) is 6.07 Å². The SMILES string of the molecule is COC(=O)/C=C(\Nc1ccccc1Br)C(=O)NCc1ccccc1. The van der Waals surface area contributed by atoms with Crippen LogP contribution < -0.4 is 10.6 Å². The summed E-state index contributed by atoms with van der Waals surface area (Å²) in [5.74, 6) is -1.01. The lowest BCUT2D eigenvalue weighted by Gasteiger charge is -2.13. The quantitative estimate of drug-likeness (QED) is 0.588. The van der Waals surface area contributed by atoms with Crippen LogP contribution in [0.4, 0.5) is 5.69 Å². The van der Waals surface area contributed by atoms with Gasteiger partial charge in [0.25, 0.3) is 5.91 Å². The molecule has 1 amide bonds. The van der Waals surface area contributed by atoms with Crippen LogP contribution in [0, 0.1) is 0 Å².